The molecular weight excluding hydrogens is 350 g/mol. The summed E-state index contributed by atoms with van der Waals surface area (Å²) in [5.41, 5.74) is 1.33. The van der Waals surface area contributed by atoms with Crippen LogP contribution >= 0.6 is 0 Å². The van der Waals surface area contributed by atoms with Gasteiger partial charge in [0.25, 0.3) is 0 Å². The van der Waals surface area contributed by atoms with Gasteiger partial charge in [0.05, 0.1) is 12.1 Å². The first-order valence-corrected chi connectivity index (χ1v) is 8.77. The Hall–Kier alpha value is -2.88. The third kappa shape index (κ3) is 4.57. The third-order valence-corrected chi connectivity index (χ3v) is 5.06. The molecule has 0 radical (unpaired) electrons. The third-order valence-electron chi connectivity index (χ3n) is 3.47. The van der Waals surface area contributed by atoms with Crippen molar-refractivity contribution in [1.82, 2.24) is 5.16 Å². The number of aromatic nitrogens is 1. The highest BCUT2D eigenvalue weighted by Gasteiger charge is 2.36. The van der Waals surface area contributed by atoms with Gasteiger partial charge in [-0.05, 0) is 26.0 Å². The quantitative estimate of drug-likeness (QED) is 0.674. The number of aliphatic carboxylic acids is 1. The fourth-order valence-electron chi connectivity index (χ4n) is 1.94. The Labute approximate surface area is 144 Å². The van der Waals surface area contributed by atoms with Gasteiger partial charge in [-0.25, -0.2) is 8.42 Å². The standard InChI is InChI=1S/C15H17N3O6S/c1-9-10(2)17-24-14(9)18-25(22,23)12(15(20)21)8-13(19)16-11-6-4-3-5-7-11/h3-7,12,18H,8H2,1-2H3,(H,16,19)(H,20,21). The number of rotatable bonds is 7. The monoisotopic (exact) mass is 367 g/mol. The van der Waals surface area contributed by atoms with Gasteiger partial charge in [0.1, 0.15) is 0 Å². The SMILES string of the molecule is Cc1noc(NS(=O)(=O)C(CC(=O)Nc2ccccc2)C(=O)O)c1C. The Morgan fingerprint density at radius 1 is 1.24 bits per heavy atom. The molecule has 0 saturated carbocycles. The first kappa shape index (κ1) is 18.5. The van der Waals surface area contributed by atoms with Crippen LogP contribution in [0.3, 0.4) is 0 Å². The van der Waals surface area contributed by atoms with Gasteiger partial charge < -0.3 is 14.9 Å². The molecule has 0 aliphatic carbocycles. The van der Waals surface area contributed by atoms with Crippen molar-refractivity contribution < 1.29 is 27.6 Å². The zero-order valence-electron chi connectivity index (χ0n) is 13.5. The Balaban J connectivity index is 2.14. The van der Waals surface area contributed by atoms with Crippen molar-refractivity contribution in [2.45, 2.75) is 25.5 Å². The van der Waals surface area contributed by atoms with E-state index < -0.39 is 33.6 Å². The highest BCUT2D eigenvalue weighted by atomic mass is 32.2. The Morgan fingerprint density at radius 2 is 1.88 bits per heavy atom. The van der Waals surface area contributed by atoms with Crippen molar-refractivity contribution >= 4 is 33.5 Å². The van der Waals surface area contributed by atoms with E-state index >= 15 is 0 Å². The number of anilines is 2. The first-order chi connectivity index (χ1) is 11.7. The van der Waals surface area contributed by atoms with Gasteiger partial charge in [0.2, 0.25) is 21.8 Å². The number of carbonyl (C=O) groups excluding carboxylic acids is 1. The van der Waals surface area contributed by atoms with Gasteiger partial charge in [0, 0.05) is 11.3 Å². The lowest BCUT2D eigenvalue weighted by molar-refractivity contribution is -0.137. The number of sulfonamides is 1. The highest BCUT2D eigenvalue weighted by Crippen LogP contribution is 2.21. The number of nitrogens with zero attached hydrogens (tertiary/aromatic N) is 1. The number of hydrogen-bond acceptors (Lipinski definition) is 6. The second-order valence-electron chi connectivity index (χ2n) is 5.31. The second kappa shape index (κ2) is 7.34. The van der Waals surface area contributed by atoms with E-state index in [0.29, 0.717) is 16.9 Å². The molecular formula is C15H17N3O6S. The predicted molar refractivity (Wildman–Crippen MR) is 89.6 cm³/mol. The molecule has 1 unspecified atom stereocenters. The van der Waals surface area contributed by atoms with Crippen molar-refractivity contribution in [2.24, 2.45) is 0 Å². The van der Waals surface area contributed by atoms with Gasteiger partial charge >= 0.3 is 5.97 Å². The fraction of sp³-hybridized carbons (Fsp3) is 0.267. The summed E-state index contributed by atoms with van der Waals surface area (Å²) in [6.45, 7) is 3.18. The summed E-state index contributed by atoms with van der Waals surface area (Å²) in [6.07, 6.45) is -0.758. The molecule has 0 spiro atoms. The number of aryl methyl sites for hydroxylation is 1. The number of amides is 1. The second-order valence-corrected chi connectivity index (χ2v) is 7.18. The lowest BCUT2D eigenvalue weighted by Crippen LogP contribution is -2.38. The van der Waals surface area contributed by atoms with E-state index in [1.807, 2.05) is 4.72 Å². The van der Waals surface area contributed by atoms with Crippen LogP contribution in [0.25, 0.3) is 0 Å². The summed E-state index contributed by atoms with van der Waals surface area (Å²) in [7, 11) is -4.42. The Morgan fingerprint density at radius 3 is 2.40 bits per heavy atom. The number of hydrogen-bond donors (Lipinski definition) is 3. The maximum absolute atomic E-state index is 12.3. The summed E-state index contributed by atoms with van der Waals surface area (Å²) in [5, 5.41) is 13.3. The van der Waals surface area contributed by atoms with Crippen molar-refractivity contribution in [3.05, 3.63) is 41.6 Å². The molecule has 9 nitrogen and oxygen atoms in total. The van der Waals surface area contributed by atoms with Crippen molar-refractivity contribution in [2.75, 3.05) is 10.0 Å². The van der Waals surface area contributed by atoms with E-state index in [-0.39, 0.29) is 5.88 Å². The molecule has 1 atom stereocenters. The number of nitrogens with one attached hydrogen (secondary N) is 2. The lowest BCUT2D eigenvalue weighted by atomic mass is 10.2. The summed E-state index contributed by atoms with van der Waals surface area (Å²) >= 11 is 0. The van der Waals surface area contributed by atoms with Gasteiger partial charge in [-0.3, -0.25) is 14.3 Å². The van der Waals surface area contributed by atoms with Crippen molar-refractivity contribution in [3.8, 4) is 0 Å². The van der Waals surface area contributed by atoms with Gasteiger partial charge in [-0.1, -0.05) is 23.4 Å². The summed E-state index contributed by atoms with van der Waals surface area (Å²) in [4.78, 5) is 23.4. The fourth-order valence-corrected chi connectivity index (χ4v) is 3.17. The molecule has 1 amide bonds. The maximum Gasteiger partial charge on any atom is 0.324 e. The maximum atomic E-state index is 12.3. The van der Waals surface area contributed by atoms with E-state index in [2.05, 4.69) is 10.5 Å². The molecule has 1 aromatic heterocycles. The first-order valence-electron chi connectivity index (χ1n) is 7.23. The van der Waals surface area contributed by atoms with Gasteiger partial charge in [-0.15, -0.1) is 0 Å². The molecule has 2 aromatic rings. The molecule has 0 fully saturated rings. The van der Waals surface area contributed by atoms with Crippen molar-refractivity contribution in [1.29, 1.82) is 0 Å². The van der Waals surface area contributed by atoms with Gasteiger partial charge in [-0.2, -0.15) is 0 Å². The molecule has 0 aliphatic heterocycles. The number of carbonyl (C=O) groups is 2. The van der Waals surface area contributed by atoms with E-state index in [1.54, 1.807) is 44.2 Å². The molecule has 1 heterocycles. The highest BCUT2D eigenvalue weighted by molar-refractivity contribution is 7.94. The molecule has 10 heteroatoms. The molecule has 1 aromatic carbocycles. The molecule has 25 heavy (non-hydrogen) atoms. The topological polar surface area (TPSA) is 139 Å². The minimum atomic E-state index is -4.42. The van der Waals surface area contributed by atoms with Crippen LogP contribution in [0.15, 0.2) is 34.9 Å². The number of para-hydroxylation sites is 1. The van der Waals surface area contributed by atoms with E-state index in [9.17, 15) is 23.1 Å². The van der Waals surface area contributed by atoms with Crippen LogP contribution in [0, 0.1) is 13.8 Å². The lowest BCUT2D eigenvalue weighted by Gasteiger charge is -2.14. The minimum absolute atomic E-state index is 0.174. The number of benzene rings is 1. The van der Waals surface area contributed by atoms with E-state index in [0.717, 1.165) is 0 Å². The average Bonchev–Trinajstić information content (AvgIpc) is 2.85. The molecule has 0 saturated heterocycles. The van der Waals surface area contributed by atoms with Crippen molar-refractivity contribution in [3.63, 3.8) is 0 Å². The predicted octanol–water partition coefficient (Wildman–Crippen LogP) is 1.52. The largest absolute Gasteiger partial charge is 0.480 e. The van der Waals surface area contributed by atoms with Crippen LogP contribution in [-0.2, 0) is 19.6 Å². The number of carboxylic acid groups (broad SMARTS) is 1. The van der Waals surface area contributed by atoms with Crippen LogP contribution in [0.4, 0.5) is 11.6 Å². The Bertz CT molecular complexity index is 876. The molecule has 2 rings (SSSR count). The molecule has 0 aliphatic rings. The van der Waals surface area contributed by atoms with Crippen LogP contribution in [0.1, 0.15) is 17.7 Å². The van der Waals surface area contributed by atoms with Crippen LogP contribution in [0.5, 0.6) is 0 Å². The van der Waals surface area contributed by atoms with Crippen LogP contribution in [0.2, 0.25) is 0 Å². The molecule has 3 N–H and O–H groups in total. The minimum Gasteiger partial charge on any atom is -0.480 e. The molecule has 134 valence electrons. The summed E-state index contributed by atoms with van der Waals surface area (Å²) in [5.74, 6) is -2.56. The molecule has 0 bridgehead atoms. The average molecular weight is 367 g/mol. The number of carboxylic acids is 1. The summed E-state index contributed by atoms with van der Waals surface area (Å²) < 4.78 is 31.5. The van der Waals surface area contributed by atoms with Crippen LogP contribution < -0.4 is 10.0 Å². The normalized spacial score (nSPS) is 12.4. The zero-order valence-corrected chi connectivity index (χ0v) is 14.3. The van der Waals surface area contributed by atoms with E-state index in [4.69, 9.17) is 4.52 Å². The van der Waals surface area contributed by atoms with Gasteiger partial charge in [0.15, 0.2) is 5.25 Å². The van der Waals surface area contributed by atoms with E-state index in [1.165, 1.54) is 0 Å². The smallest absolute Gasteiger partial charge is 0.324 e. The Kier molecular flexibility index (Phi) is 5.42. The van der Waals surface area contributed by atoms with Crippen LogP contribution in [-0.4, -0.2) is 35.8 Å². The summed E-state index contributed by atoms with van der Waals surface area (Å²) in [6, 6.07) is 8.29. The zero-order chi connectivity index (χ0) is 18.6.